The monoisotopic (exact) mass is 369 g/mol. The molecule has 0 unspecified atom stereocenters. The molecular formula is C19H19N3O3S. The summed E-state index contributed by atoms with van der Waals surface area (Å²) in [5.41, 5.74) is 3.73. The van der Waals surface area contributed by atoms with E-state index < -0.39 is 5.97 Å². The zero-order chi connectivity index (χ0) is 18.7. The van der Waals surface area contributed by atoms with Gasteiger partial charge in [-0.1, -0.05) is 6.92 Å². The number of anilines is 2. The Hall–Kier alpha value is -2.93. The Balaban J connectivity index is 2.02. The number of ether oxygens (including phenoxy) is 1. The van der Waals surface area contributed by atoms with Crippen LogP contribution in [0.5, 0.6) is 5.75 Å². The van der Waals surface area contributed by atoms with E-state index in [2.05, 4.69) is 22.2 Å². The summed E-state index contributed by atoms with van der Waals surface area (Å²) in [6.07, 6.45) is 0.780. The Morgan fingerprint density at radius 1 is 1.31 bits per heavy atom. The van der Waals surface area contributed by atoms with Crippen molar-refractivity contribution < 1.29 is 14.6 Å². The lowest BCUT2D eigenvalue weighted by Crippen LogP contribution is -2.06. The minimum absolute atomic E-state index is 0.117. The molecule has 6 nitrogen and oxygen atoms in total. The van der Waals surface area contributed by atoms with E-state index in [0.29, 0.717) is 23.1 Å². The van der Waals surface area contributed by atoms with Crippen molar-refractivity contribution in [3.8, 4) is 17.1 Å². The molecule has 3 aromatic rings. The van der Waals surface area contributed by atoms with Crippen LogP contribution >= 0.6 is 11.3 Å². The molecule has 0 aliphatic heterocycles. The molecule has 0 saturated heterocycles. The number of methoxy groups -OCH3 is 1. The number of aryl methyl sites for hydroxylation is 1. The first-order valence-corrected chi connectivity index (χ1v) is 9.06. The molecule has 0 bridgehead atoms. The maximum Gasteiger partial charge on any atom is 0.339 e. The van der Waals surface area contributed by atoms with Gasteiger partial charge in [0.2, 0.25) is 0 Å². The van der Waals surface area contributed by atoms with Crippen LogP contribution in [0.1, 0.15) is 28.5 Å². The van der Waals surface area contributed by atoms with Crippen molar-refractivity contribution in [2.24, 2.45) is 0 Å². The van der Waals surface area contributed by atoms with Gasteiger partial charge in [-0.2, -0.15) is 11.3 Å². The lowest BCUT2D eigenvalue weighted by atomic mass is 10.1. The smallest absolute Gasteiger partial charge is 0.339 e. The number of hydrogen-bond acceptors (Lipinski definition) is 6. The van der Waals surface area contributed by atoms with Gasteiger partial charge in [-0.25, -0.2) is 14.8 Å². The maximum absolute atomic E-state index is 11.3. The number of aromatic carboxylic acids is 1. The largest absolute Gasteiger partial charge is 0.496 e. The molecule has 7 heteroatoms. The highest BCUT2D eigenvalue weighted by molar-refractivity contribution is 7.08. The highest BCUT2D eigenvalue weighted by Crippen LogP contribution is 2.29. The number of nitrogens with zero attached hydrogens (tertiary/aromatic N) is 2. The number of carboxylic acid groups (broad SMARTS) is 1. The fourth-order valence-corrected chi connectivity index (χ4v) is 3.36. The van der Waals surface area contributed by atoms with Crippen molar-refractivity contribution in [1.29, 1.82) is 0 Å². The van der Waals surface area contributed by atoms with Gasteiger partial charge in [-0.05, 0) is 36.9 Å². The molecule has 0 radical (unpaired) electrons. The van der Waals surface area contributed by atoms with Crippen molar-refractivity contribution in [2.75, 3.05) is 12.4 Å². The molecule has 2 N–H and O–H groups in total. The summed E-state index contributed by atoms with van der Waals surface area (Å²) in [5.74, 6) is 0.647. The van der Waals surface area contributed by atoms with Gasteiger partial charge in [0, 0.05) is 34.0 Å². The number of carboxylic acids is 1. The van der Waals surface area contributed by atoms with Gasteiger partial charge >= 0.3 is 5.97 Å². The third-order valence-electron chi connectivity index (χ3n) is 4.04. The fourth-order valence-electron chi connectivity index (χ4n) is 2.73. The molecule has 134 valence electrons. The zero-order valence-electron chi connectivity index (χ0n) is 14.7. The van der Waals surface area contributed by atoms with E-state index in [9.17, 15) is 9.90 Å². The Labute approximate surface area is 155 Å². The van der Waals surface area contributed by atoms with Crippen molar-refractivity contribution in [3.05, 3.63) is 51.8 Å². The van der Waals surface area contributed by atoms with Gasteiger partial charge in [0.05, 0.1) is 7.11 Å². The van der Waals surface area contributed by atoms with Crippen LogP contribution in [-0.2, 0) is 6.42 Å². The number of rotatable bonds is 6. The van der Waals surface area contributed by atoms with Crippen LogP contribution in [0, 0.1) is 6.92 Å². The summed E-state index contributed by atoms with van der Waals surface area (Å²) in [6.45, 7) is 4.02. The number of carbonyl (C=O) groups is 1. The average molecular weight is 369 g/mol. The third-order valence-corrected chi connectivity index (χ3v) is 4.72. The van der Waals surface area contributed by atoms with E-state index in [-0.39, 0.29) is 5.56 Å². The lowest BCUT2D eigenvalue weighted by molar-refractivity contribution is 0.0693. The second-order valence-electron chi connectivity index (χ2n) is 5.67. The van der Waals surface area contributed by atoms with Crippen molar-refractivity contribution in [2.45, 2.75) is 20.3 Å². The van der Waals surface area contributed by atoms with E-state index in [0.717, 1.165) is 23.2 Å². The molecule has 26 heavy (non-hydrogen) atoms. The summed E-state index contributed by atoms with van der Waals surface area (Å²) in [6, 6.07) is 6.86. The standard InChI is InChI=1S/C19H19N3O3S/c1-4-14-11(2)20-17(12-7-8-26-10-12)22-18(14)21-13-5-6-15(19(23)24)16(9-13)25-3/h5-10H,4H2,1-3H3,(H,23,24)(H,20,21,22). The summed E-state index contributed by atoms with van der Waals surface area (Å²) in [7, 11) is 1.45. The predicted octanol–water partition coefficient (Wildman–Crippen LogP) is 4.53. The van der Waals surface area contributed by atoms with Crippen molar-refractivity contribution in [3.63, 3.8) is 0 Å². The fraction of sp³-hybridized carbons (Fsp3) is 0.211. The van der Waals surface area contributed by atoms with Gasteiger partial charge in [0.1, 0.15) is 17.1 Å². The maximum atomic E-state index is 11.3. The van der Waals surface area contributed by atoms with Gasteiger partial charge in [0.15, 0.2) is 5.82 Å². The average Bonchev–Trinajstić information content (AvgIpc) is 3.16. The summed E-state index contributed by atoms with van der Waals surface area (Å²) in [5, 5.41) is 16.5. The first-order valence-electron chi connectivity index (χ1n) is 8.12. The van der Waals surface area contributed by atoms with Crippen LogP contribution < -0.4 is 10.1 Å². The van der Waals surface area contributed by atoms with E-state index in [1.807, 2.05) is 23.8 Å². The lowest BCUT2D eigenvalue weighted by Gasteiger charge is -2.15. The van der Waals surface area contributed by atoms with Crippen LogP contribution in [0.3, 0.4) is 0 Å². The van der Waals surface area contributed by atoms with E-state index in [1.54, 1.807) is 23.5 Å². The molecule has 1 aromatic carbocycles. The summed E-state index contributed by atoms with van der Waals surface area (Å²) in [4.78, 5) is 20.5. The highest BCUT2D eigenvalue weighted by Gasteiger charge is 2.15. The van der Waals surface area contributed by atoms with E-state index in [1.165, 1.54) is 13.2 Å². The molecule has 0 aliphatic rings. The molecule has 2 heterocycles. The van der Waals surface area contributed by atoms with Crippen molar-refractivity contribution in [1.82, 2.24) is 9.97 Å². The first-order chi connectivity index (χ1) is 12.5. The SMILES string of the molecule is CCc1c(C)nc(-c2ccsc2)nc1Nc1ccc(C(=O)O)c(OC)c1. The number of hydrogen-bond donors (Lipinski definition) is 2. The summed E-state index contributed by atoms with van der Waals surface area (Å²) >= 11 is 1.60. The Morgan fingerprint density at radius 3 is 2.73 bits per heavy atom. The highest BCUT2D eigenvalue weighted by atomic mass is 32.1. The van der Waals surface area contributed by atoms with Gasteiger partial charge < -0.3 is 15.2 Å². The quantitative estimate of drug-likeness (QED) is 0.664. The normalized spacial score (nSPS) is 10.6. The van der Waals surface area contributed by atoms with E-state index in [4.69, 9.17) is 4.74 Å². The minimum atomic E-state index is -1.03. The third kappa shape index (κ3) is 3.52. The topological polar surface area (TPSA) is 84.3 Å². The van der Waals surface area contributed by atoms with Gasteiger partial charge in [-0.15, -0.1) is 0 Å². The molecular weight excluding hydrogens is 350 g/mol. The second kappa shape index (κ2) is 7.53. The van der Waals surface area contributed by atoms with Gasteiger partial charge in [-0.3, -0.25) is 0 Å². The molecule has 2 aromatic heterocycles. The van der Waals surface area contributed by atoms with Crippen LogP contribution in [0.2, 0.25) is 0 Å². The predicted molar refractivity (Wildman–Crippen MR) is 103 cm³/mol. The number of aromatic nitrogens is 2. The molecule has 0 atom stereocenters. The minimum Gasteiger partial charge on any atom is -0.496 e. The van der Waals surface area contributed by atoms with Crippen molar-refractivity contribution >= 4 is 28.8 Å². The molecule has 0 fully saturated rings. The number of nitrogens with one attached hydrogen (secondary N) is 1. The van der Waals surface area contributed by atoms with Crippen LogP contribution in [-0.4, -0.2) is 28.2 Å². The molecule has 0 amide bonds. The number of benzene rings is 1. The van der Waals surface area contributed by atoms with E-state index >= 15 is 0 Å². The first kappa shape index (κ1) is 17.9. The zero-order valence-corrected chi connectivity index (χ0v) is 15.6. The van der Waals surface area contributed by atoms with Crippen LogP contribution in [0.4, 0.5) is 11.5 Å². The molecule has 0 spiro atoms. The van der Waals surface area contributed by atoms with Crippen LogP contribution in [0.25, 0.3) is 11.4 Å². The van der Waals surface area contributed by atoms with Crippen LogP contribution in [0.15, 0.2) is 35.0 Å². The number of thiophene rings is 1. The molecule has 0 saturated carbocycles. The Kier molecular flexibility index (Phi) is 5.18. The molecule has 0 aliphatic carbocycles. The Morgan fingerprint density at radius 2 is 2.12 bits per heavy atom. The molecule has 3 rings (SSSR count). The summed E-state index contributed by atoms with van der Waals surface area (Å²) < 4.78 is 5.20. The Bertz CT molecular complexity index is 939. The van der Waals surface area contributed by atoms with Gasteiger partial charge in [0.25, 0.3) is 0 Å². The second-order valence-corrected chi connectivity index (χ2v) is 6.45.